The number of hydrogen-bond acceptors (Lipinski definition) is 2. The largest absolute Gasteiger partial charge is 0.327 e. The van der Waals surface area contributed by atoms with Crippen molar-refractivity contribution in [1.82, 2.24) is 4.90 Å². The van der Waals surface area contributed by atoms with Crippen LogP contribution in [0.5, 0.6) is 0 Å². The molecule has 2 heterocycles. The van der Waals surface area contributed by atoms with Crippen LogP contribution < -0.4 is 0 Å². The Hall–Kier alpha value is -2.39. The van der Waals surface area contributed by atoms with Crippen LogP contribution in [-0.2, 0) is 12.8 Å². The van der Waals surface area contributed by atoms with E-state index in [1.807, 2.05) is 23.5 Å². The van der Waals surface area contributed by atoms with Crippen LogP contribution in [0.2, 0.25) is 0 Å². The zero-order chi connectivity index (χ0) is 19.5. The van der Waals surface area contributed by atoms with Crippen molar-refractivity contribution in [1.29, 1.82) is 0 Å². The summed E-state index contributed by atoms with van der Waals surface area (Å²) in [5.41, 5.74) is 5.82. The van der Waals surface area contributed by atoms with Gasteiger partial charge in [0.05, 0.1) is 6.04 Å². The highest BCUT2D eigenvalue weighted by Crippen LogP contribution is 2.38. The third-order valence-electron chi connectivity index (χ3n) is 5.64. The van der Waals surface area contributed by atoms with Gasteiger partial charge in [0.1, 0.15) is 0 Å². The second-order valence-corrected chi connectivity index (χ2v) is 8.66. The van der Waals surface area contributed by atoms with Gasteiger partial charge in [-0.2, -0.15) is 0 Å². The number of amides is 1. The Morgan fingerprint density at radius 1 is 1.07 bits per heavy atom. The lowest BCUT2D eigenvalue weighted by Crippen LogP contribution is -2.40. The molecule has 2 aromatic carbocycles. The maximum atomic E-state index is 13.4. The molecular weight excluding hydrogens is 362 g/mol. The predicted molar refractivity (Wildman–Crippen MR) is 117 cm³/mol. The fraction of sp³-hybridized carbons (Fsp3) is 0.320. The second-order valence-electron chi connectivity index (χ2n) is 7.66. The minimum atomic E-state index is 0.00266. The van der Waals surface area contributed by atoms with E-state index >= 15 is 0 Å². The summed E-state index contributed by atoms with van der Waals surface area (Å²) in [6.07, 6.45) is 4.40. The van der Waals surface area contributed by atoms with Crippen molar-refractivity contribution in [2.45, 2.75) is 45.6 Å². The SMILES string of the molecule is CCCCc1ccc(C(=O)N2CCc3sccc3[C@H]2c2ccc(C)cc2)cc1. The van der Waals surface area contributed by atoms with Gasteiger partial charge in [-0.25, -0.2) is 0 Å². The van der Waals surface area contributed by atoms with Crippen LogP contribution in [0.3, 0.4) is 0 Å². The van der Waals surface area contributed by atoms with Gasteiger partial charge in [0.25, 0.3) is 5.91 Å². The molecule has 144 valence electrons. The number of fused-ring (bicyclic) bond motifs is 1. The number of hydrogen-bond donors (Lipinski definition) is 0. The molecule has 0 saturated heterocycles. The Morgan fingerprint density at radius 3 is 2.54 bits per heavy atom. The van der Waals surface area contributed by atoms with Crippen LogP contribution >= 0.6 is 11.3 Å². The first-order chi connectivity index (χ1) is 13.7. The first-order valence-corrected chi connectivity index (χ1v) is 11.1. The number of aryl methyl sites for hydroxylation is 2. The number of thiophene rings is 1. The summed E-state index contributed by atoms with van der Waals surface area (Å²) < 4.78 is 0. The van der Waals surface area contributed by atoms with Crippen molar-refractivity contribution >= 4 is 17.2 Å². The average molecular weight is 390 g/mol. The number of unbranched alkanes of at least 4 members (excludes halogenated alkanes) is 1. The molecule has 0 N–H and O–H groups in total. The maximum absolute atomic E-state index is 13.4. The standard InChI is InChI=1S/C25H27NOS/c1-3-4-5-19-8-12-21(13-9-19)25(27)26-16-14-23-22(15-17-28-23)24(26)20-10-6-18(2)7-11-20/h6-13,15,17,24H,3-5,14,16H2,1-2H3/t24-/m1/s1. The second kappa shape index (κ2) is 8.32. The van der Waals surface area contributed by atoms with E-state index in [1.165, 1.54) is 40.0 Å². The summed E-state index contributed by atoms with van der Waals surface area (Å²) >= 11 is 1.81. The van der Waals surface area contributed by atoms with Crippen molar-refractivity contribution in [3.8, 4) is 0 Å². The molecule has 3 aromatic rings. The fourth-order valence-corrected chi connectivity index (χ4v) is 4.91. The lowest BCUT2D eigenvalue weighted by Gasteiger charge is -2.36. The van der Waals surface area contributed by atoms with Gasteiger partial charge in [0.15, 0.2) is 0 Å². The molecule has 1 aromatic heterocycles. The summed E-state index contributed by atoms with van der Waals surface area (Å²) in [6, 6.07) is 19.0. The maximum Gasteiger partial charge on any atom is 0.254 e. The molecule has 0 aliphatic carbocycles. The Labute approximate surface area is 171 Å². The molecule has 2 nitrogen and oxygen atoms in total. The lowest BCUT2D eigenvalue weighted by molar-refractivity contribution is 0.0696. The third-order valence-corrected chi connectivity index (χ3v) is 6.64. The van der Waals surface area contributed by atoms with Gasteiger partial charge in [-0.05, 0) is 66.5 Å². The van der Waals surface area contributed by atoms with Gasteiger partial charge in [0, 0.05) is 17.0 Å². The van der Waals surface area contributed by atoms with Crippen LogP contribution in [0.1, 0.15) is 63.3 Å². The molecule has 4 rings (SSSR count). The Balaban J connectivity index is 1.65. The van der Waals surface area contributed by atoms with E-state index in [-0.39, 0.29) is 11.9 Å². The van der Waals surface area contributed by atoms with E-state index in [4.69, 9.17) is 0 Å². The smallest absolute Gasteiger partial charge is 0.254 e. The predicted octanol–water partition coefficient (Wildman–Crippen LogP) is 6.19. The molecule has 1 atom stereocenters. The lowest BCUT2D eigenvalue weighted by atomic mass is 9.92. The number of nitrogens with zero attached hydrogens (tertiary/aromatic N) is 1. The zero-order valence-electron chi connectivity index (χ0n) is 16.7. The van der Waals surface area contributed by atoms with E-state index in [0.717, 1.165) is 24.9 Å². The minimum Gasteiger partial charge on any atom is -0.327 e. The van der Waals surface area contributed by atoms with Crippen molar-refractivity contribution < 1.29 is 4.79 Å². The van der Waals surface area contributed by atoms with Gasteiger partial charge in [0.2, 0.25) is 0 Å². The molecule has 1 aliphatic rings. The van der Waals surface area contributed by atoms with Gasteiger partial charge < -0.3 is 4.90 Å². The van der Waals surface area contributed by atoms with Gasteiger partial charge >= 0.3 is 0 Å². The average Bonchev–Trinajstić information content (AvgIpc) is 3.21. The summed E-state index contributed by atoms with van der Waals surface area (Å²) in [5.74, 6) is 0.129. The van der Waals surface area contributed by atoms with E-state index in [1.54, 1.807) is 0 Å². The van der Waals surface area contributed by atoms with Gasteiger partial charge in [-0.3, -0.25) is 4.79 Å². The number of benzene rings is 2. The van der Waals surface area contributed by atoms with Gasteiger partial charge in [-0.15, -0.1) is 11.3 Å². The molecule has 3 heteroatoms. The van der Waals surface area contributed by atoms with Crippen molar-refractivity contribution in [3.63, 3.8) is 0 Å². The van der Waals surface area contributed by atoms with Crippen molar-refractivity contribution in [3.05, 3.63) is 92.7 Å². The fourth-order valence-electron chi connectivity index (χ4n) is 4.00. The highest BCUT2D eigenvalue weighted by atomic mass is 32.1. The highest BCUT2D eigenvalue weighted by Gasteiger charge is 2.33. The topological polar surface area (TPSA) is 20.3 Å². The number of rotatable bonds is 5. The third kappa shape index (κ3) is 3.77. The summed E-state index contributed by atoms with van der Waals surface area (Å²) in [4.78, 5) is 16.9. The molecule has 1 aliphatic heterocycles. The van der Waals surface area contributed by atoms with E-state index in [9.17, 15) is 4.79 Å². The first-order valence-electron chi connectivity index (χ1n) is 10.2. The summed E-state index contributed by atoms with van der Waals surface area (Å²) in [7, 11) is 0. The molecular formula is C25H27NOS. The van der Waals surface area contributed by atoms with Crippen LogP contribution in [0.25, 0.3) is 0 Å². The molecule has 0 spiro atoms. The Bertz CT molecular complexity index is 939. The monoisotopic (exact) mass is 389 g/mol. The molecule has 0 unspecified atom stereocenters. The normalized spacial score (nSPS) is 16.1. The Morgan fingerprint density at radius 2 is 1.82 bits per heavy atom. The van der Waals surface area contributed by atoms with E-state index in [2.05, 4.69) is 66.6 Å². The van der Waals surface area contributed by atoms with Crippen LogP contribution in [0.15, 0.2) is 60.0 Å². The summed E-state index contributed by atoms with van der Waals surface area (Å²) in [6.45, 7) is 5.07. The molecule has 0 saturated carbocycles. The quantitative estimate of drug-likeness (QED) is 0.510. The molecule has 1 amide bonds. The first kappa shape index (κ1) is 18.9. The molecule has 28 heavy (non-hydrogen) atoms. The molecule has 0 fully saturated rings. The Kier molecular flexibility index (Phi) is 5.63. The van der Waals surface area contributed by atoms with Crippen LogP contribution in [0.4, 0.5) is 0 Å². The number of carbonyl (C=O) groups excluding carboxylic acids is 1. The zero-order valence-corrected chi connectivity index (χ0v) is 17.5. The van der Waals surface area contributed by atoms with Gasteiger partial charge in [-0.1, -0.05) is 55.3 Å². The van der Waals surface area contributed by atoms with Crippen molar-refractivity contribution in [2.75, 3.05) is 6.54 Å². The summed E-state index contributed by atoms with van der Waals surface area (Å²) in [5, 5.41) is 2.16. The minimum absolute atomic E-state index is 0.00266. The molecule has 0 bridgehead atoms. The van der Waals surface area contributed by atoms with E-state index < -0.39 is 0 Å². The highest BCUT2D eigenvalue weighted by molar-refractivity contribution is 7.10. The van der Waals surface area contributed by atoms with Crippen LogP contribution in [-0.4, -0.2) is 17.4 Å². The van der Waals surface area contributed by atoms with Crippen LogP contribution in [0, 0.1) is 6.92 Å². The molecule has 0 radical (unpaired) electrons. The number of carbonyl (C=O) groups is 1. The van der Waals surface area contributed by atoms with E-state index in [0.29, 0.717) is 0 Å². The van der Waals surface area contributed by atoms with Crippen molar-refractivity contribution in [2.24, 2.45) is 0 Å².